The van der Waals surface area contributed by atoms with Crippen LogP contribution >= 0.6 is 11.3 Å². The second-order valence-electron chi connectivity index (χ2n) is 7.06. The molecule has 1 aliphatic rings. The van der Waals surface area contributed by atoms with Crippen LogP contribution in [0.1, 0.15) is 40.8 Å². The lowest BCUT2D eigenvalue weighted by Gasteiger charge is -2.34. The summed E-state index contributed by atoms with van der Waals surface area (Å²) in [5.41, 5.74) is 3.33. The summed E-state index contributed by atoms with van der Waals surface area (Å²) >= 11 is 1.69. The number of nitrogens with one attached hydrogen (secondary N) is 1. The van der Waals surface area contributed by atoms with Gasteiger partial charge >= 0.3 is 0 Å². The van der Waals surface area contributed by atoms with Crippen molar-refractivity contribution in [1.29, 1.82) is 0 Å². The number of benzene rings is 2. The molecule has 0 aliphatic carbocycles. The van der Waals surface area contributed by atoms with Crippen molar-refractivity contribution in [3.63, 3.8) is 0 Å². The molecule has 1 N–H and O–H groups in total. The molecule has 4 aromatic rings. The molecule has 0 radical (unpaired) electrons. The number of carbonyl (C=O) groups is 1. The number of para-hydroxylation sites is 1. The maximum absolute atomic E-state index is 13.3. The number of nitrogens with zero attached hydrogens (tertiary/aromatic N) is 3. The number of amides is 1. The van der Waals surface area contributed by atoms with Crippen LogP contribution in [-0.2, 0) is 0 Å². The highest BCUT2D eigenvalue weighted by atomic mass is 32.1. The number of hydrogen-bond acceptors (Lipinski definition) is 4. The van der Waals surface area contributed by atoms with Gasteiger partial charge in [-0.2, -0.15) is 5.10 Å². The second-order valence-corrected chi connectivity index (χ2v) is 8.13. The minimum Gasteiger partial charge on any atom is -0.328 e. The molecule has 1 atom stereocenters. The topological polar surface area (TPSA) is 61.9 Å². The molecule has 5 rings (SSSR count). The first-order valence-electron chi connectivity index (χ1n) is 9.57. The Hall–Kier alpha value is -2.99. The molecule has 28 heavy (non-hydrogen) atoms. The number of hydrogen-bond donors (Lipinski definition) is 1. The number of piperidine rings is 1. The normalized spacial score (nSPS) is 17.1. The smallest absolute Gasteiger partial charge is 0.272 e. The van der Waals surface area contributed by atoms with Crippen molar-refractivity contribution in [3.8, 4) is 11.3 Å². The van der Waals surface area contributed by atoms with Crippen molar-refractivity contribution in [3.05, 3.63) is 71.4 Å². The molecule has 3 heterocycles. The Labute approximate surface area is 167 Å². The third-order valence-corrected chi connectivity index (χ3v) is 6.37. The average molecular weight is 388 g/mol. The fraction of sp³-hybridized carbons (Fsp3) is 0.227. The number of H-pyrrole nitrogens is 1. The predicted octanol–water partition coefficient (Wildman–Crippen LogP) is 5.05. The van der Waals surface area contributed by atoms with Crippen LogP contribution in [0.2, 0.25) is 0 Å². The van der Waals surface area contributed by atoms with Gasteiger partial charge in [0.25, 0.3) is 5.91 Å². The van der Waals surface area contributed by atoms with Gasteiger partial charge < -0.3 is 4.90 Å². The fourth-order valence-corrected chi connectivity index (χ4v) is 4.92. The molecule has 5 nitrogen and oxygen atoms in total. The van der Waals surface area contributed by atoms with E-state index in [9.17, 15) is 4.79 Å². The van der Waals surface area contributed by atoms with Gasteiger partial charge in [-0.05, 0) is 37.5 Å². The van der Waals surface area contributed by atoms with Gasteiger partial charge in [-0.1, -0.05) is 42.5 Å². The summed E-state index contributed by atoms with van der Waals surface area (Å²) < 4.78 is 1.17. The summed E-state index contributed by atoms with van der Waals surface area (Å²) in [6.45, 7) is 0.749. The van der Waals surface area contributed by atoms with Crippen molar-refractivity contribution in [1.82, 2.24) is 20.1 Å². The Balaban J connectivity index is 1.45. The summed E-state index contributed by atoms with van der Waals surface area (Å²) in [5, 5.41) is 8.32. The maximum atomic E-state index is 13.3. The van der Waals surface area contributed by atoms with E-state index in [0.29, 0.717) is 5.69 Å². The number of likely N-dealkylation sites (tertiary alicyclic amines) is 1. The number of rotatable bonds is 3. The SMILES string of the molecule is O=C(c1cc(-c2ccccc2)n[nH]1)N1CCCC[C@@H]1c1nc2ccccc2s1. The van der Waals surface area contributed by atoms with Crippen LogP contribution in [0.4, 0.5) is 0 Å². The quantitative estimate of drug-likeness (QED) is 0.534. The van der Waals surface area contributed by atoms with Gasteiger partial charge in [-0.3, -0.25) is 9.89 Å². The molecule has 1 fully saturated rings. The molecule has 1 saturated heterocycles. The Bertz CT molecular complexity index is 1080. The zero-order valence-corrected chi connectivity index (χ0v) is 16.2. The largest absolute Gasteiger partial charge is 0.328 e. The molecule has 1 amide bonds. The summed E-state index contributed by atoms with van der Waals surface area (Å²) in [5.74, 6) is -0.00126. The highest BCUT2D eigenvalue weighted by Gasteiger charge is 2.31. The zero-order valence-electron chi connectivity index (χ0n) is 15.3. The summed E-state index contributed by atoms with van der Waals surface area (Å²) in [7, 11) is 0. The average Bonchev–Trinajstić information content (AvgIpc) is 3.41. The molecule has 6 heteroatoms. The van der Waals surface area contributed by atoms with E-state index in [1.54, 1.807) is 11.3 Å². The van der Waals surface area contributed by atoms with E-state index in [0.717, 1.165) is 47.6 Å². The van der Waals surface area contributed by atoms with Gasteiger partial charge in [0.2, 0.25) is 0 Å². The van der Waals surface area contributed by atoms with Crippen LogP contribution in [0.15, 0.2) is 60.7 Å². The molecule has 0 bridgehead atoms. The predicted molar refractivity (Wildman–Crippen MR) is 111 cm³/mol. The summed E-state index contributed by atoms with van der Waals surface area (Å²) in [6.07, 6.45) is 3.08. The van der Waals surface area contributed by atoms with Crippen molar-refractivity contribution in [2.75, 3.05) is 6.54 Å². The van der Waals surface area contributed by atoms with Crippen LogP contribution in [-0.4, -0.2) is 32.5 Å². The lowest BCUT2D eigenvalue weighted by Crippen LogP contribution is -2.38. The van der Waals surface area contributed by atoms with E-state index >= 15 is 0 Å². The Morgan fingerprint density at radius 3 is 2.75 bits per heavy atom. The summed E-state index contributed by atoms with van der Waals surface area (Å²) in [4.78, 5) is 20.1. The molecule has 0 unspecified atom stereocenters. The molecule has 0 saturated carbocycles. The Morgan fingerprint density at radius 2 is 1.89 bits per heavy atom. The standard InChI is InChI=1S/C22H20N4OS/c27-22(18-14-17(24-25-18)15-8-2-1-3-9-15)26-13-7-6-11-19(26)21-23-16-10-4-5-12-20(16)28-21/h1-5,8-10,12,14,19H,6-7,11,13H2,(H,24,25)/t19-/m1/s1. The number of aromatic amines is 1. The lowest BCUT2D eigenvalue weighted by atomic mass is 10.0. The van der Waals surface area contributed by atoms with E-state index in [-0.39, 0.29) is 11.9 Å². The molecule has 0 spiro atoms. The van der Waals surface area contributed by atoms with Gasteiger partial charge in [0.05, 0.1) is 22.0 Å². The van der Waals surface area contributed by atoms with E-state index in [1.807, 2.05) is 59.5 Å². The number of aromatic nitrogens is 3. The first-order chi connectivity index (χ1) is 13.8. The van der Waals surface area contributed by atoms with E-state index in [2.05, 4.69) is 16.3 Å². The zero-order chi connectivity index (χ0) is 18.9. The monoisotopic (exact) mass is 388 g/mol. The van der Waals surface area contributed by atoms with E-state index in [4.69, 9.17) is 4.98 Å². The number of carbonyl (C=O) groups excluding carboxylic acids is 1. The van der Waals surface area contributed by atoms with Crippen molar-refractivity contribution >= 4 is 27.5 Å². The Kier molecular flexibility index (Phi) is 4.41. The molecular formula is C22H20N4OS. The second kappa shape index (κ2) is 7.20. The van der Waals surface area contributed by atoms with Gasteiger partial charge in [0.1, 0.15) is 10.7 Å². The highest BCUT2D eigenvalue weighted by molar-refractivity contribution is 7.18. The molecule has 140 valence electrons. The first kappa shape index (κ1) is 17.1. The van der Waals surface area contributed by atoms with Crippen LogP contribution in [0.5, 0.6) is 0 Å². The molecule has 1 aliphatic heterocycles. The maximum Gasteiger partial charge on any atom is 0.272 e. The number of fused-ring (bicyclic) bond motifs is 1. The molecule has 2 aromatic heterocycles. The minimum absolute atomic E-state index is 0.00126. The van der Waals surface area contributed by atoms with Crippen LogP contribution in [0, 0.1) is 0 Å². The molecular weight excluding hydrogens is 368 g/mol. The van der Waals surface area contributed by atoms with Gasteiger partial charge in [-0.15, -0.1) is 11.3 Å². The van der Waals surface area contributed by atoms with Gasteiger partial charge in [0, 0.05) is 12.1 Å². The van der Waals surface area contributed by atoms with E-state index in [1.165, 1.54) is 4.70 Å². The number of thiazole rings is 1. The lowest BCUT2D eigenvalue weighted by molar-refractivity contribution is 0.0605. The third kappa shape index (κ3) is 3.10. The van der Waals surface area contributed by atoms with E-state index < -0.39 is 0 Å². The third-order valence-electron chi connectivity index (χ3n) is 5.24. The Morgan fingerprint density at radius 1 is 1.07 bits per heavy atom. The minimum atomic E-state index is -0.00126. The van der Waals surface area contributed by atoms with Crippen LogP contribution < -0.4 is 0 Å². The summed E-state index contributed by atoms with van der Waals surface area (Å²) in [6, 6.07) is 19.9. The first-order valence-corrected chi connectivity index (χ1v) is 10.4. The van der Waals surface area contributed by atoms with Crippen molar-refractivity contribution < 1.29 is 4.79 Å². The van der Waals surface area contributed by atoms with Crippen LogP contribution in [0.3, 0.4) is 0 Å². The van der Waals surface area contributed by atoms with Crippen molar-refractivity contribution in [2.24, 2.45) is 0 Å². The highest BCUT2D eigenvalue weighted by Crippen LogP contribution is 2.36. The van der Waals surface area contributed by atoms with Gasteiger partial charge in [0.15, 0.2) is 0 Å². The fourth-order valence-electron chi connectivity index (χ4n) is 3.81. The van der Waals surface area contributed by atoms with Crippen molar-refractivity contribution in [2.45, 2.75) is 25.3 Å². The van der Waals surface area contributed by atoms with Crippen LogP contribution in [0.25, 0.3) is 21.5 Å². The van der Waals surface area contributed by atoms with Gasteiger partial charge in [-0.25, -0.2) is 4.98 Å². The molecule has 2 aromatic carbocycles.